The van der Waals surface area contributed by atoms with Crippen LogP contribution >= 0.6 is 0 Å². The van der Waals surface area contributed by atoms with Gasteiger partial charge in [0.1, 0.15) is 11.6 Å². The molecule has 0 aliphatic carbocycles. The van der Waals surface area contributed by atoms with Crippen LogP contribution in [0.2, 0.25) is 0 Å². The van der Waals surface area contributed by atoms with E-state index < -0.39 is 0 Å². The number of rotatable bonds is 8. The zero-order valence-electron chi connectivity index (χ0n) is 19.6. The largest absolute Gasteiger partial charge is 0.497 e. The molecule has 1 atom stereocenters. The SMILES string of the molecule is COc1ccc(CN2CCc3nnc([C@H](CC(C)C)NC(=O)c4cccnc4)n3CC2)cc1. The molecule has 0 radical (unpaired) electrons. The number of amides is 1. The van der Waals surface area contributed by atoms with E-state index in [1.54, 1.807) is 31.6 Å². The van der Waals surface area contributed by atoms with Gasteiger partial charge in [0.2, 0.25) is 0 Å². The van der Waals surface area contributed by atoms with Crippen LogP contribution in [0.15, 0.2) is 48.8 Å². The van der Waals surface area contributed by atoms with Crippen LogP contribution in [0.25, 0.3) is 0 Å². The van der Waals surface area contributed by atoms with E-state index >= 15 is 0 Å². The highest BCUT2D eigenvalue weighted by Crippen LogP contribution is 2.23. The van der Waals surface area contributed by atoms with Gasteiger partial charge in [0, 0.05) is 45.0 Å². The first-order chi connectivity index (χ1) is 16.0. The van der Waals surface area contributed by atoms with Crippen LogP contribution in [0.5, 0.6) is 5.75 Å². The van der Waals surface area contributed by atoms with E-state index in [2.05, 4.69) is 55.9 Å². The maximum atomic E-state index is 12.8. The van der Waals surface area contributed by atoms with E-state index in [4.69, 9.17) is 4.74 Å². The van der Waals surface area contributed by atoms with Gasteiger partial charge in [-0.2, -0.15) is 0 Å². The Labute approximate surface area is 195 Å². The summed E-state index contributed by atoms with van der Waals surface area (Å²) in [5, 5.41) is 12.2. The summed E-state index contributed by atoms with van der Waals surface area (Å²) in [5.41, 5.74) is 1.81. The van der Waals surface area contributed by atoms with Gasteiger partial charge in [-0.1, -0.05) is 26.0 Å². The molecule has 1 aromatic carbocycles. The standard InChI is InChI=1S/C25H32N6O2/c1-18(2)15-22(27-25(32)20-5-4-11-26-16-20)24-29-28-23-10-12-30(13-14-31(23)24)17-19-6-8-21(33-3)9-7-19/h4-9,11,16,18,22H,10,12-15,17H2,1-3H3,(H,27,32)/t22-/m0/s1. The Hall–Kier alpha value is -3.26. The lowest BCUT2D eigenvalue weighted by atomic mass is 10.0. The van der Waals surface area contributed by atoms with Gasteiger partial charge in [0.25, 0.3) is 5.91 Å². The molecule has 0 saturated carbocycles. The minimum atomic E-state index is -0.202. The molecule has 2 aromatic heterocycles. The van der Waals surface area contributed by atoms with Crippen LogP contribution in [0.1, 0.15) is 53.9 Å². The molecule has 0 fully saturated rings. The number of pyridine rings is 1. The predicted molar refractivity (Wildman–Crippen MR) is 126 cm³/mol. The highest BCUT2D eigenvalue weighted by Gasteiger charge is 2.26. The van der Waals surface area contributed by atoms with Crippen molar-refractivity contribution in [1.82, 2.24) is 30.0 Å². The first kappa shape index (κ1) is 22.9. The summed E-state index contributed by atoms with van der Waals surface area (Å²) < 4.78 is 7.46. The molecule has 3 heterocycles. The summed E-state index contributed by atoms with van der Waals surface area (Å²) in [4.78, 5) is 19.3. The minimum absolute atomic E-state index is 0.138. The lowest BCUT2D eigenvalue weighted by Crippen LogP contribution is -2.32. The Morgan fingerprint density at radius 2 is 1.94 bits per heavy atom. The summed E-state index contributed by atoms with van der Waals surface area (Å²) in [6, 6.07) is 11.6. The van der Waals surface area contributed by atoms with Crippen molar-refractivity contribution in [1.29, 1.82) is 0 Å². The summed E-state index contributed by atoms with van der Waals surface area (Å²) in [6.07, 6.45) is 4.87. The molecule has 174 valence electrons. The molecular formula is C25H32N6O2. The number of hydrogen-bond acceptors (Lipinski definition) is 6. The molecule has 8 heteroatoms. The highest BCUT2D eigenvalue weighted by atomic mass is 16.5. The number of carbonyl (C=O) groups excluding carboxylic acids is 1. The lowest BCUT2D eigenvalue weighted by molar-refractivity contribution is 0.0928. The number of benzene rings is 1. The van der Waals surface area contributed by atoms with Crippen molar-refractivity contribution in [3.05, 3.63) is 71.6 Å². The molecular weight excluding hydrogens is 416 g/mol. The van der Waals surface area contributed by atoms with Gasteiger partial charge in [0.15, 0.2) is 5.82 Å². The predicted octanol–water partition coefficient (Wildman–Crippen LogP) is 3.26. The van der Waals surface area contributed by atoms with Crippen molar-refractivity contribution in [2.75, 3.05) is 20.2 Å². The first-order valence-electron chi connectivity index (χ1n) is 11.5. The third-order valence-electron chi connectivity index (χ3n) is 5.96. The molecule has 1 aliphatic heterocycles. The second-order valence-corrected chi connectivity index (χ2v) is 8.90. The van der Waals surface area contributed by atoms with Gasteiger partial charge in [-0.3, -0.25) is 14.7 Å². The molecule has 0 bridgehead atoms. The number of carbonyl (C=O) groups is 1. The molecule has 8 nitrogen and oxygen atoms in total. The third-order valence-corrected chi connectivity index (χ3v) is 5.96. The molecule has 0 saturated heterocycles. The highest BCUT2D eigenvalue weighted by molar-refractivity contribution is 5.94. The van der Waals surface area contributed by atoms with Gasteiger partial charge >= 0.3 is 0 Å². The number of hydrogen-bond donors (Lipinski definition) is 1. The summed E-state index contributed by atoms with van der Waals surface area (Å²) in [5.74, 6) is 2.94. The topological polar surface area (TPSA) is 85.2 Å². The molecule has 4 rings (SSSR count). The fourth-order valence-corrected chi connectivity index (χ4v) is 4.23. The lowest BCUT2D eigenvalue weighted by Gasteiger charge is -2.22. The third kappa shape index (κ3) is 5.76. The fourth-order valence-electron chi connectivity index (χ4n) is 4.23. The molecule has 0 spiro atoms. The quantitative estimate of drug-likeness (QED) is 0.569. The summed E-state index contributed by atoms with van der Waals surface area (Å²) in [7, 11) is 1.68. The molecule has 3 aromatic rings. The van der Waals surface area contributed by atoms with Crippen molar-refractivity contribution in [2.24, 2.45) is 5.92 Å². The molecule has 1 N–H and O–H groups in total. The number of aromatic nitrogens is 4. The maximum Gasteiger partial charge on any atom is 0.253 e. The Morgan fingerprint density at radius 1 is 1.12 bits per heavy atom. The maximum absolute atomic E-state index is 12.8. The summed E-state index contributed by atoms with van der Waals surface area (Å²) in [6.45, 7) is 7.80. The number of fused-ring (bicyclic) bond motifs is 1. The molecule has 0 unspecified atom stereocenters. The average Bonchev–Trinajstić information content (AvgIpc) is 3.13. The van der Waals surface area contributed by atoms with Gasteiger partial charge in [-0.05, 0) is 42.2 Å². The van der Waals surface area contributed by atoms with E-state index in [1.165, 1.54) is 5.56 Å². The second-order valence-electron chi connectivity index (χ2n) is 8.90. The Kier molecular flexibility index (Phi) is 7.34. The Morgan fingerprint density at radius 3 is 2.64 bits per heavy atom. The van der Waals surface area contributed by atoms with Crippen molar-refractivity contribution in [3.8, 4) is 5.75 Å². The van der Waals surface area contributed by atoms with Crippen LogP contribution < -0.4 is 10.1 Å². The van der Waals surface area contributed by atoms with E-state index in [9.17, 15) is 4.79 Å². The number of nitrogens with one attached hydrogen (secondary N) is 1. The fraction of sp³-hybridized carbons (Fsp3) is 0.440. The van der Waals surface area contributed by atoms with Crippen LogP contribution in [0.4, 0.5) is 0 Å². The monoisotopic (exact) mass is 448 g/mol. The van der Waals surface area contributed by atoms with Crippen LogP contribution in [-0.4, -0.2) is 50.8 Å². The average molecular weight is 449 g/mol. The van der Waals surface area contributed by atoms with Crippen LogP contribution in [-0.2, 0) is 19.5 Å². The van der Waals surface area contributed by atoms with Crippen LogP contribution in [0.3, 0.4) is 0 Å². The zero-order valence-corrected chi connectivity index (χ0v) is 19.6. The van der Waals surface area contributed by atoms with Gasteiger partial charge in [-0.25, -0.2) is 0 Å². The van der Waals surface area contributed by atoms with E-state index in [0.29, 0.717) is 11.5 Å². The van der Waals surface area contributed by atoms with Crippen molar-refractivity contribution in [2.45, 2.75) is 45.8 Å². The normalized spacial score (nSPS) is 15.0. The molecule has 33 heavy (non-hydrogen) atoms. The zero-order chi connectivity index (χ0) is 23.2. The van der Waals surface area contributed by atoms with Crippen molar-refractivity contribution >= 4 is 5.91 Å². The Bertz CT molecular complexity index is 1050. The molecule has 1 amide bonds. The number of methoxy groups -OCH3 is 1. The van der Waals surface area contributed by atoms with Gasteiger partial charge < -0.3 is 14.6 Å². The number of nitrogens with zero attached hydrogens (tertiary/aromatic N) is 5. The van der Waals surface area contributed by atoms with E-state index in [1.807, 2.05) is 12.1 Å². The van der Waals surface area contributed by atoms with Crippen LogP contribution in [0, 0.1) is 5.92 Å². The number of ether oxygens (including phenoxy) is 1. The van der Waals surface area contributed by atoms with E-state index in [-0.39, 0.29) is 11.9 Å². The Balaban J connectivity index is 1.47. The van der Waals surface area contributed by atoms with Gasteiger partial charge in [-0.15, -0.1) is 10.2 Å². The smallest absolute Gasteiger partial charge is 0.253 e. The van der Waals surface area contributed by atoms with Gasteiger partial charge in [0.05, 0.1) is 18.7 Å². The van der Waals surface area contributed by atoms with E-state index in [0.717, 1.165) is 56.4 Å². The first-order valence-corrected chi connectivity index (χ1v) is 11.5. The molecule has 1 aliphatic rings. The minimum Gasteiger partial charge on any atom is -0.497 e. The van der Waals surface area contributed by atoms with Crippen molar-refractivity contribution < 1.29 is 9.53 Å². The second kappa shape index (κ2) is 10.6. The van der Waals surface area contributed by atoms with Crippen molar-refractivity contribution in [3.63, 3.8) is 0 Å². The summed E-state index contributed by atoms with van der Waals surface area (Å²) >= 11 is 0.